The van der Waals surface area contributed by atoms with Crippen LogP contribution in [0.25, 0.3) is 5.57 Å². The summed E-state index contributed by atoms with van der Waals surface area (Å²) in [6, 6.07) is 0.266. The van der Waals surface area contributed by atoms with Gasteiger partial charge in [-0.3, -0.25) is 14.7 Å². The molecule has 2 fully saturated rings. The summed E-state index contributed by atoms with van der Waals surface area (Å²) in [6.07, 6.45) is 8.70. The van der Waals surface area contributed by atoms with Crippen LogP contribution in [0.4, 0.5) is 5.95 Å². The van der Waals surface area contributed by atoms with Crippen molar-refractivity contribution in [1.29, 1.82) is 0 Å². The van der Waals surface area contributed by atoms with Crippen molar-refractivity contribution in [2.75, 3.05) is 46.1 Å². The van der Waals surface area contributed by atoms with Gasteiger partial charge in [-0.15, -0.1) is 0 Å². The van der Waals surface area contributed by atoms with E-state index in [0.717, 1.165) is 81.3 Å². The highest BCUT2D eigenvalue weighted by molar-refractivity contribution is 5.98. The number of likely N-dealkylation sites (N-methyl/N-ethyl adjacent to an activating group) is 1. The van der Waals surface area contributed by atoms with E-state index in [1.807, 2.05) is 0 Å². The second kappa shape index (κ2) is 13.9. The number of carbonyl (C=O) groups excluding carboxylic acids is 1. The maximum atomic E-state index is 12.1. The Hall–Kier alpha value is -2.52. The fraction of sp³-hybridized carbons (Fsp3) is 0.714. The summed E-state index contributed by atoms with van der Waals surface area (Å²) in [5.41, 5.74) is 2.49. The molecule has 1 aliphatic carbocycles. The molecular weight excluding hydrogens is 468 g/mol. The first kappa shape index (κ1) is 29.0. The second-order valence-electron chi connectivity index (χ2n) is 10.7. The van der Waals surface area contributed by atoms with Crippen LogP contribution in [0.1, 0.15) is 76.5 Å². The molecule has 2 aliphatic rings. The summed E-state index contributed by atoms with van der Waals surface area (Å²) in [5.74, 6) is 1.50. The number of aliphatic hydroxyl groups excluding tert-OH is 1. The van der Waals surface area contributed by atoms with Gasteiger partial charge >= 0.3 is 0 Å². The number of amides is 1. The van der Waals surface area contributed by atoms with Gasteiger partial charge < -0.3 is 20.1 Å². The number of hydrogen-bond acceptors (Lipinski definition) is 8. The van der Waals surface area contributed by atoms with Crippen LogP contribution >= 0.6 is 0 Å². The Kier molecular flexibility index (Phi) is 10.9. The molecule has 3 rings (SSSR count). The highest BCUT2D eigenvalue weighted by atomic mass is 16.5. The lowest BCUT2D eigenvalue weighted by atomic mass is 9.81. The van der Waals surface area contributed by atoms with Crippen LogP contribution in [0.5, 0.6) is 0 Å². The third-order valence-electron chi connectivity index (χ3n) is 7.48. The molecular formula is C28H46N6O3. The largest absolute Gasteiger partial charge is 0.474 e. The van der Waals surface area contributed by atoms with Gasteiger partial charge in [-0.05, 0) is 63.4 Å². The number of nitrogens with zero attached hydrogens (tertiary/aromatic N) is 5. The Bertz CT molecular complexity index is 934. The highest BCUT2D eigenvalue weighted by Crippen LogP contribution is 2.35. The lowest BCUT2D eigenvalue weighted by molar-refractivity contribution is -0.130. The summed E-state index contributed by atoms with van der Waals surface area (Å²) in [5, 5.41) is 13.4. The molecule has 1 aromatic rings. The first-order valence-corrected chi connectivity index (χ1v) is 13.8. The smallest absolute Gasteiger partial charge is 0.236 e. The molecule has 1 aliphatic heterocycles. The molecule has 0 aromatic carbocycles. The summed E-state index contributed by atoms with van der Waals surface area (Å²) in [4.78, 5) is 29.9. The van der Waals surface area contributed by atoms with E-state index in [2.05, 4.69) is 40.6 Å². The molecule has 1 saturated heterocycles. The van der Waals surface area contributed by atoms with Crippen LogP contribution in [0.3, 0.4) is 0 Å². The average molecular weight is 515 g/mol. The SMILES string of the molecule is C=C(c1nc(NC(C)CCC)ncc1C(=NC)OC1CCN(CC(=O)N(C)C)CC1)C1CCC(O)CC1. The van der Waals surface area contributed by atoms with Crippen LogP contribution in [0, 0.1) is 5.92 Å². The number of nitrogens with one attached hydrogen (secondary N) is 1. The summed E-state index contributed by atoms with van der Waals surface area (Å²) in [6.45, 7) is 10.8. The van der Waals surface area contributed by atoms with E-state index in [-0.39, 0.29) is 30.1 Å². The number of ether oxygens (including phenoxy) is 1. The Balaban J connectivity index is 1.76. The van der Waals surface area contributed by atoms with E-state index in [9.17, 15) is 9.90 Å². The number of aliphatic hydroxyl groups is 1. The van der Waals surface area contributed by atoms with Crippen LogP contribution in [0.2, 0.25) is 0 Å². The molecule has 0 radical (unpaired) electrons. The van der Waals surface area contributed by atoms with Gasteiger partial charge in [0.15, 0.2) is 0 Å². The fourth-order valence-corrected chi connectivity index (χ4v) is 5.11. The van der Waals surface area contributed by atoms with Crippen molar-refractivity contribution in [3.63, 3.8) is 0 Å². The van der Waals surface area contributed by atoms with Crippen LogP contribution < -0.4 is 5.32 Å². The van der Waals surface area contributed by atoms with Gasteiger partial charge in [0.1, 0.15) is 6.10 Å². The maximum absolute atomic E-state index is 12.1. The Labute approximate surface area is 222 Å². The van der Waals surface area contributed by atoms with Gasteiger partial charge in [0.2, 0.25) is 17.8 Å². The second-order valence-corrected chi connectivity index (χ2v) is 10.7. The molecule has 1 atom stereocenters. The molecule has 2 N–H and O–H groups in total. The number of anilines is 1. The average Bonchev–Trinajstić information content (AvgIpc) is 2.88. The van der Waals surface area contributed by atoms with Crippen LogP contribution in [-0.2, 0) is 9.53 Å². The zero-order valence-electron chi connectivity index (χ0n) is 23.4. The van der Waals surface area contributed by atoms with Gasteiger partial charge in [0.25, 0.3) is 0 Å². The number of allylic oxidation sites excluding steroid dienone is 1. The van der Waals surface area contributed by atoms with Crippen molar-refractivity contribution in [2.45, 2.75) is 83.5 Å². The first-order valence-electron chi connectivity index (χ1n) is 13.8. The molecule has 1 saturated carbocycles. The Morgan fingerprint density at radius 2 is 1.95 bits per heavy atom. The van der Waals surface area contributed by atoms with E-state index in [4.69, 9.17) is 9.72 Å². The van der Waals surface area contributed by atoms with Crippen molar-refractivity contribution in [3.05, 3.63) is 24.0 Å². The minimum absolute atomic E-state index is 0.0118. The number of hydrogen-bond donors (Lipinski definition) is 2. The van der Waals surface area contributed by atoms with Crippen molar-refractivity contribution in [3.8, 4) is 0 Å². The molecule has 2 heterocycles. The van der Waals surface area contributed by atoms with E-state index in [1.165, 1.54) is 0 Å². The van der Waals surface area contributed by atoms with Crippen molar-refractivity contribution >= 4 is 23.3 Å². The lowest BCUT2D eigenvalue weighted by Crippen LogP contribution is -2.43. The normalized spacial score (nSPS) is 22.4. The molecule has 0 spiro atoms. The van der Waals surface area contributed by atoms with E-state index in [1.54, 1.807) is 32.2 Å². The van der Waals surface area contributed by atoms with Gasteiger partial charge in [0.05, 0.1) is 23.9 Å². The van der Waals surface area contributed by atoms with Crippen LogP contribution in [0.15, 0.2) is 17.8 Å². The van der Waals surface area contributed by atoms with E-state index >= 15 is 0 Å². The fourth-order valence-electron chi connectivity index (χ4n) is 5.11. The lowest BCUT2D eigenvalue weighted by Gasteiger charge is -2.32. The molecule has 37 heavy (non-hydrogen) atoms. The van der Waals surface area contributed by atoms with Crippen molar-refractivity contribution < 1.29 is 14.6 Å². The molecule has 9 heteroatoms. The summed E-state index contributed by atoms with van der Waals surface area (Å²) < 4.78 is 6.43. The summed E-state index contributed by atoms with van der Waals surface area (Å²) >= 11 is 0. The molecule has 1 aromatic heterocycles. The van der Waals surface area contributed by atoms with Gasteiger partial charge in [-0.2, -0.15) is 0 Å². The Morgan fingerprint density at radius 3 is 2.54 bits per heavy atom. The number of likely N-dealkylation sites (tertiary alicyclic amines) is 1. The van der Waals surface area contributed by atoms with Crippen molar-refractivity contribution in [1.82, 2.24) is 19.8 Å². The van der Waals surface area contributed by atoms with Gasteiger partial charge in [-0.1, -0.05) is 19.9 Å². The van der Waals surface area contributed by atoms with Gasteiger partial charge in [-0.25, -0.2) is 9.97 Å². The molecule has 0 bridgehead atoms. The maximum Gasteiger partial charge on any atom is 0.236 e. The standard InChI is InChI=1S/C28H46N6O3/c1-7-8-19(2)31-28-30-17-24(26(32-28)20(3)21-9-11-22(35)12-10-21)27(29-4)37-23-13-15-34(16-14-23)18-25(36)33(5)6/h17,19,21-23,35H,3,7-16,18H2,1-2,4-6H3,(H,30,31,32). The third kappa shape index (κ3) is 8.23. The number of aromatic nitrogens is 2. The summed E-state index contributed by atoms with van der Waals surface area (Å²) in [7, 11) is 5.31. The predicted octanol–water partition coefficient (Wildman–Crippen LogP) is 3.59. The topological polar surface area (TPSA) is 103 Å². The molecule has 9 nitrogen and oxygen atoms in total. The molecule has 206 valence electrons. The van der Waals surface area contributed by atoms with Crippen LogP contribution in [-0.4, -0.2) is 95.7 Å². The minimum atomic E-state index is -0.226. The highest BCUT2D eigenvalue weighted by Gasteiger charge is 2.28. The monoisotopic (exact) mass is 514 g/mol. The number of piperidine rings is 1. The van der Waals surface area contributed by atoms with E-state index < -0.39 is 0 Å². The zero-order chi connectivity index (χ0) is 26.9. The number of carbonyl (C=O) groups is 1. The van der Waals surface area contributed by atoms with Gasteiger partial charge in [0, 0.05) is 46.5 Å². The molecule has 1 amide bonds. The first-order chi connectivity index (χ1) is 17.7. The Morgan fingerprint density at radius 1 is 1.27 bits per heavy atom. The third-order valence-corrected chi connectivity index (χ3v) is 7.48. The minimum Gasteiger partial charge on any atom is -0.474 e. The number of rotatable bonds is 10. The quantitative estimate of drug-likeness (QED) is 0.363. The predicted molar refractivity (Wildman–Crippen MR) is 149 cm³/mol. The molecule has 1 unspecified atom stereocenters. The van der Waals surface area contributed by atoms with Crippen molar-refractivity contribution in [2.24, 2.45) is 10.9 Å². The zero-order valence-corrected chi connectivity index (χ0v) is 23.4. The van der Waals surface area contributed by atoms with E-state index in [0.29, 0.717) is 18.4 Å². The number of aliphatic imine (C=N–C) groups is 1.